The van der Waals surface area contributed by atoms with E-state index in [4.69, 9.17) is 0 Å². The molecule has 1 aromatic carbocycles. The lowest BCUT2D eigenvalue weighted by atomic mass is 10.1. The third-order valence-electron chi connectivity index (χ3n) is 3.30. The van der Waals surface area contributed by atoms with Crippen molar-refractivity contribution in [2.45, 2.75) is 46.2 Å². The Kier molecular flexibility index (Phi) is 4.61. The Morgan fingerprint density at radius 2 is 2.05 bits per heavy atom. The number of aromatic nitrogens is 2. The standard InChI is InChI=1S/C16H23N3/c1-4-7-14-8-5-6-9-16(14)18-11-15-10-17-12-19(15)13(2)3/h5-6,8-10,12-13,18H,4,7,11H2,1-3H3. The number of imidazole rings is 1. The average molecular weight is 257 g/mol. The summed E-state index contributed by atoms with van der Waals surface area (Å²) in [6.07, 6.45) is 6.13. The van der Waals surface area contributed by atoms with Gasteiger partial charge in [0.25, 0.3) is 0 Å². The van der Waals surface area contributed by atoms with E-state index in [-0.39, 0.29) is 0 Å². The first-order valence-electron chi connectivity index (χ1n) is 7.04. The summed E-state index contributed by atoms with van der Waals surface area (Å²) in [6.45, 7) is 7.38. The summed E-state index contributed by atoms with van der Waals surface area (Å²) < 4.78 is 2.20. The zero-order valence-corrected chi connectivity index (χ0v) is 12.1. The van der Waals surface area contributed by atoms with Gasteiger partial charge in [0.1, 0.15) is 0 Å². The molecule has 19 heavy (non-hydrogen) atoms. The van der Waals surface area contributed by atoms with Gasteiger partial charge in [0.15, 0.2) is 0 Å². The number of aryl methyl sites for hydroxylation is 1. The maximum atomic E-state index is 4.24. The monoisotopic (exact) mass is 257 g/mol. The van der Waals surface area contributed by atoms with Crippen LogP contribution in [-0.4, -0.2) is 9.55 Å². The van der Waals surface area contributed by atoms with Gasteiger partial charge in [0, 0.05) is 17.9 Å². The second kappa shape index (κ2) is 6.41. The number of rotatable bonds is 6. The minimum absolute atomic E-state index is 0.449. The third-order valence-corrected chi connectivity index (χ3v) is 3.30. The lowest BCUT2D eigenvalue weighted by Crippen LogP contribution is -2.09. The Morgan fingerprint density at radius 3 is 2.79 bits per heavy atom. The maximum absolute atomic E-state index is 4.24. The molecule has 0 fully saturated rings. The summed E-state index contributed by atoms with van der Waals surface area (Å²) in [7, 11) is 0. The van der Waals surface area contributed by atoms with Crippen LogP contribution >= 0.6 is 0 Å². The number of nitrogens with one attached hydrogen (secondary N) is 1. The van der Waals surface area contributed by atoms with E-state index in [2.05, 4.69) is 59.9 Å². The summed E-state index contributed by atoms with van der Waals surface area (Å²) in [5.74, 6) is 0. The molecule has 3 nitrogen and oxygen atoms in total. The zero-order valence-electron chi connectivity index (χ0n) is 12.1. The smallest absolute Gasteiger partial charge is 0.0951 e. The molecular formula is C16H23N3. The minimum atomic E-state index is 0.449. The normalized spacial score (nSPS) is 10.9. The average Bonchev–Trinajstić information content (AvgIpc) is 2.86. The first-order valence-corrected chi connectivity index (χ1v) is 7.04. The molecule has 1 N–H and O–H groups in total. The maximum Gasteiger partial charge on any atom is 0.0951 e. The number of benzene rings is 1. The first-order chi connectivity index (χ1) is 9.22. The molecule has 3 heteroatoms. The van der Waals surface area contributed by atoms with E-state index >= 15 is 0 Å². The van der Waals surface area contributed by atoms with E-state index in [1.807, 2.05) is 12.5 Å². The highest BCUT2D eigenvalue weighted by atomic mass is 15.1. The Balaban J connectivity index is 2.08. The molecule has 0 aliphatic carbocycles. The van der Waals surface area contributed by atoms with Crippen molar-refractivity contribution in [3.8, 4) is 0 Å². The van der Waals surface area contributed by atoms with Crippen molar-refractivity contribution in [2.75, 3.05) is 5.32 Å². The lowest BCUT2D eigenvalue weighted by Gasteiger charge is -2.15. The highest BCUT2D eigenvalue weighted by Gasteiger charge is 2.06. The van der Waals surface area contributed by atoms with Crippen LogP contribution in [0.4, 0.5) is 5.69 Å². The van der Waals surface area contributed by atoms with Crippen LogP contribution < -0.4 is 5.32 Å². The molecule has 2 aromatic rings. The van der Waals surface area contributed by atoms with E-state index in [9.17, 15) is 0 Å². The minimum Gasteiger partial charge on any atom is -0.379 e. The van der Waals surface area contributed by atoms with Gasteiger partial charge in [-0.3, -0.25) is 0 Å². The van der Waals surface area contributed by atoms with Crippen molar-refractivity contribution < 1.29 is 0 Å². The van der Waals surface area contributed by atoms with Crippen LogP contribution in [0.2, 0.25) is 0 Å². The van der Waals surface area contributed by atoms with Gasteiger partial charge in [0.2, 0.25) is 0 Å². The number of hydrogen-bond donors (Lipinski definition) is 1. The molecule has 0 saturated carbocycles. The van der Waals surface area contributed by atoms with Crippen molar-refractivity contribution in [3.63, 3.8) is 0 Å². The van der Waals surface area contributed by atoms with Crippen LogP contribution in [-0.2, 0) is 13.0 Å². The first kappa shape index (κ1) is 13.7. The predicted molar refractivity (Wildman–Crippen MR) is 80.4 cm³/mol. The molecule has 0 radical (unpaired) electrons. The molecule has 0 unspecified atom stereocenters. The number of para-hydroxylation sites is 1. The van der Waals surface area contributed by atoms with Gasteiger partial charge in [-0.05, 0) is 31.9 Å². The molecule has 0 saturated heterocycles. The molecule has 1 heterocycles. The Hall–Kier alpha value is -1.77. The van der Waals surface area contributed by atoms with E-state index in [1.54, 1.807) is 0 Å². The predicted octanol–water partition coefficient (Wildman–Crippen LogP) is 4.03. The molecule has 0 bridgehead atoms. The number of nitrogens with zero attached hydrogens (tertiary/aromatic N) is 2. The fourth-order valence-electron chi connectivity index (χ4n) is 2.30. The van der Waals surface area contributed by atoms with Crippen molar-refractivity contribution in [1.29, 1.82) is 0 Å². The van der Waals surface area contributed by atoms with Crippen LogP contribution in [0.15, 0.2) is 36.8 Å². The van der Waals surface area contributed by atoms with Gasteiger partial charge >= 0.3 is 0 Å². The quantitative estimate of drug-likeness (QED) is 0.846. The second-order valence-electron chi connectivity index (χ2n) is 5.15. The van der Waals surface area contributed by atoms with Gasteiger partial charge in [-0.25, -0.2) is 4.98 Å². The summed E-state index contributed by atoms with van der Waals surface area (Å²) >= 11 is 0. The lowest BCUT2D eigenvalue weighted by molar-refractivity contribution is 0.577. The van der Waals surface area contributed by atoms with Crippen molar-refractivity contribution in [3.05, 3.63) is 48.0 Å². The van der Waals surface area contributed by atoms with Gasteiger partial charge in [0.05, 0.1) is 18.6 Å². The largest absolute Gasteiger partial charge is 0.379 e. The topological polar surface area (TPSA) is 29.9 Å². The van der Waals surface area contributed by atoms with Crippen molar-refractivity contribution in [1.82, 2.24) is 9.55 Å². The molecule has 0 aliphatic heterocycles. The Morgan fingerprint density at radius 1 is 1.26 bits per heavy atom. The van der Waals surface area contributed by atoms with Crippen LogP contribution in [0.25, 0.3) is 0 Å². The van der Waals surface area contributed by atoms with Crippen LogP contribution in [0.3, 0.4) is 0 Å². The summed E-state index contributed by atoms with van der Waals surface area (Å²) in [6, 6.07) is 8.99. The van der Waals surface area contributed by atoms with Gasteiger partial charge < -0.3 is 9.88 Å². The molecular weight excluding hydrogens is 234 g/mol. The van der Waals surface area contributed by atoms with Crippen LogP contribution in [0, 0.1) is 0 Å². The molecule has 102 valence electrons. The van der Waals surface area contributed by atoms with E-state index in [1.165, 1.54) is 23.4 Å². The molecule has 1 aromatic heterocycles. The summed E-state index contributed by atoms with van der Waals surface area (Å²) in [5, 5.41) is 3.53. The molecule has 0 aliphatic rings. The van der Waals surface area contributed by atoms with Gasteiger partial charge in [-0.1, -0.05) is 31.5 Å². The van der Waals surface area contributed by atoms with Gasteiger partial charge in [-0.15, -0.1) is 0 Å². The van der Waals surface area contributed by atoms with Crippen LogP contribution in [0.5, 0.6) is 0 Å². The third kappa shape index (κ3) is 3.37. The highest BCUT2D eigenvalue weighted by molar-refractivity contribution is 5.51. The van der Waals surface area contributed by atoms with Crippen molar-refractivity contribution >= 4 is 5.69 Å². The molecule has 0 spiro atoms. The van der Waals surface area contributed by atoms with E-state index in [0.29, 0.717) is 6.04 Å². The van der Waals surface area contributed by atoms with E-state index in [0.717, 1.165) is 13.0 Å². The highest BCUT2D eigenvalue weighted by Crippen LogP contribution is 2.18. The number of anilines is 1. The Labute approximate surface area is 115 Å². The molecule has 0 atom stereocenters. The molecule has 0 amide bonds. The molecule has 2 rings (SSSR count). The fourth-order valence-corrected chi connectivity index (χ4v) is 2.30. The SMILES string of the molecule is CCCc1ccccc1NCc1cncn1C(C)C. The van der Waals surface area contributed by atoms with Crippen LogP contribution in [0.1, 0.15) is 44.5 Å². The zero-order chi connectivity index (χ0) is 13.7. The fraction of sp³-hybridized carbons (Fsp3) is 0.438. The summed E-state index contributed by atoms with van der Waals surface area (Å²) in [4.78, 5) is 4.24. The summed E-state index contributed by atoms with van der Waals surface area (Å²) in [5.41, 5.74) is 3.85. The van der Waals surface area contributed by atoms with Gasteiger partial charge in [-0.2, -0.15) is 0 Å². The number of hydrogen-bond acceptors (Lipinski definition) is 2. The Bertz CT molecular complexity index is 514. The van der Waals surface area contributed by atoms with Crippen molar-refractivity contribution in [2.24, 2.45) is 0 Å². The van der Waals surface area contributed by atoms with E-state index < -0.39 is 0 Å². The second-order valence-corrected chi connectivity index (χ2v) is 5.15.